The molecule has 0 atom stereocenters. The minimum Gasteiger partial charge on any atom is -0.464 e. The van der Waals surface area contributed by atoms with Gasteiger partial charge in [0.15, 0.2) is 0 Å². The second-order valence-electron chi connectivity index (χ2n) is 13.7. The molecule has 268 valence electrons. The maximum absolute atomic E-state index is 12.6. The second-order valence-corrected chi connectivity index (χ2v) is 13.7. The van der Waals surface area contributed by atoms with Crippen molar-refractivity contribution in [2.75, 3.05) is 26.3 Å². The SMILES string of the molecule is CCCCCCCCCCCCCCCCCC(=O)OCCN(CCO)C(=O)CCCCCCCCCCCCCCCCC. The number of aliphatic hydroxyl groups is 1. The smallest absolute Gasteiger partial charge is 0.305 e. The zero-order chi connectivity index (χ0) is 32.9. The van der Waals surface area contributed by atoms with Gasteiger partial charge in [-0.1, -0.05) is 194 Å². The van der Waals surface area contributed by atoms with E-state index < -0.39 is 0 Å². The van der Waals surface area contributed by atoms with Crippen LogP contribution >= 0.6 is 0 Å². The summed E-state index contributed by atoms with van der Waals surface area (Å²) < 4.78 is 5.40. The molecule has 0 aliphatic heterocycles. The number of carbonyl (C=O) groups is 2. The summed E-state index contributed by atoms with van der Waals surface area (Å²) in [5.41, 5.74) is 0. The van der Waals surface area contributed by atoms with Crippen molar-refractivity contribution in [2.45, 2.75) is 219 Å². The first kappa shape index (κ1) is 43.9. The van der Waals surface area contributed by atoms with Gasteiger partial charge in [0.05, 0.1) is 13.2 Å². The van der Waals surface area contributed by atoms with Gasteiger partial charge in [0.1, 0.15) is 6.61 Å². The molecule has 0 aromatic rings. The monoisotopic (exact) mass is 638 g/mol. The number of hydrogen-bond acceptors (Lipinski definition) is 4. The Kier molecular flexibility index (Phi) is 36.4. The number of carbonyl (C=O) groups excluding carboxylic acids is 2. The summed E-state index contributed by atoms with van der Waals surface area (Å²) in [5, 5.41) is 9.40. The van der Waals surface area contributed by atoms with Crippen LogP contribution in [-0.2, 0) is 14.3 Å². The Labute approximate surface area is 281 Å². The molecular formula is C40H79NO4. The molecule has 0 aromatic carbocycles. The van der Waals surface area contributed by atoms with Crippen LogP contribution in [0, 0.1) is 0 Å². The van der Waals surface area contributed by atoms with Crippen LogP contribution in [0.3, 0.4) is 0 Å². The summed E-state index contributed by atoms with van der Waals surface area (Å²) in [5.74, 6) is -0.0966. The number of esters is 1. The molecule has 0 spiro atoms. The molecule has 5 nitrogen and oxygen atoms in total. The molecule has 0 radical (unpaired) electrons. The highest BCUT2D eigenvalue weighted by atomic mass is 16.5. The van der Waals surface area contributed by atoms with Crippen LogP contribution in [0.2, 0.25) is 0 Å². The Morgan fingerprint density at radius 2 is 0.756 bits per heavy atom. The molecule has 45 heavy (non-hydrogen) atoms. The molecule has 0 bridgehead atoms. The van der Waals surface area contributed by atoms with Crippen LogP contribution in [0.15, 0.2) is 0 Å². The van der Waals surface area contributed by atoms with E-state index in [1.807, 2.05) is 0 Å². The average Bonchev–Trinajstić information content (AvgIpc) is 3.04. The minimum absolute atomic E-state index is 0.0579. The van der Waals surface area contributed by atoms with Crippen molar-refractivity contribution in [1.82, 2.24) is 4.90 Å². The summed E-state index contributed by atoms with van der Waals surface area (Å²) in [4.78, 5) is 26.4. The van der Waals surface area contributed by atoms with Gasteiger partial charge in [0.2, 0.25) is 5.91 Å². The Morgan fingerprint density at radius 1 is 0.444 bits per heavy atom. The predicted octanol–water partition coefficient (Wildman–Crippen LogP) is 11.9. The van der Waals surface area contributed by atoms with Crippen molar-refractivity contribution in [3.63, 3.8) is 0 Å². The van der Waals surface area contributed by atoms with E-state index in [0.717, 1.165) is 25.7 Å². The first-order valence-corrected chi connectivity index (χ1v) is 20.2. The standard InChI is InChI=1S/C40H79NO4/c1-3-5-7-9-11-13-15-17-19-21-23-25-27-29-31-33-39(43)41(35-37-42)36-38-45-40(44)34-32-30-28-26-24-22-20-18-16-14-12-10-8-6-4-2/h42H,3-38H2,1-2H3. The topological polar surface area (TPSA) is 66.8 Å². The maximum atomic E-state index is 12.6. The van der Waals surface area contributed by atoms with Crippen molar-refractivity contribution in [3.05, 3.63) is 0 Å². The Bertz CT molecular complexity index is 611. The van der Waals surface area contributed by atoms with E-state index in [9.17, 15) is 14.7 Å². The van der Waals surface area contributed by atoms with Gasteiger partial charge >= 0.3 is 5.97 Å². The number of ether oxygens (including phenoxy) is 1. The Balaban J connectivity index is 3.59. The van der Waals surface area contributed by atoms with Crippen molar-refractivity contribution in [3.8, 4) is 0 Å². The van der Waals surface area contributed by atoms with Crippen molar-refractivity contribution in [2.24, 2.45) is 0 Å². The fourth-order valence-corrected chi connectivity index (χ4v) is 6.27. The molecule has 0 aromatic heterocycles. The van der Waals surface area contributed by atoms with Gasteiger partial charge in [0.25, 0.3) is 0 Å². The molecule has 0 heterocycles. The summed E-state index contributed by atoms with van der Waals surface area (Å²) in [7, 11) is 0. The van der Waals surface area contributed by atoms with E-state index in [1.165, 1.54) is 167 Å². The molecule has 0 rings (SSSR count). The van der Waals surface area contributed by atoms with E-state index in [0.29, 0.717) is 25.9 Å². The normalized spacial score (nSPS) is 11.3. The van der Waals surface area contributed by atoms with Gasteiger partial charge in [-0.15, -0.1) is 0 Å². The van der Waals surface area contributed by atoms with Crippen LogP contribution in [0.5, 0.6) is 0 Å². The molecule has 0 fully saturated rings. The highest BCUT2D eigenvalue weighted by molar-refractivity contribution is 5.76. The summed E-state index contributed by atoms with van der Waals surface area (Å²) >= 11 is 0. The van der Waals surface area contributed by atoms with Crippen LogP contribution in [0.1, 0.15) is 219 Å². The summed E-state index contributed by atoms with van der Waals surface area (Å²) in [6.45, 7) is 5.41. The first-order valence-electron chi connectivity index (χ1n) is 20.2. The van der Waals surface area contributed by atoms with E-state index in [4.69, 9.17) is 4.74 Å². The van der Waals surface area contributed by atoms with Gasteiger partial charge in [0, 0.05) is 19.4 Å². The van der Waals surface area contributed by atoms with E-state index in [1.54, 1.807) is 4.90 Å². The molecule has 0 unspecified atom stereocenters. The number of amides is 1. The largest absolute Gasteiger partial charge is 0.464 e. The molecule has 1 amide bonds. The molecule has 5 heteroatoms. The molecule has 0 saturated carbocycles. The van der Waals surface area contributed by atoms with Crippen molar-refractivity contribution in [1.29, 1.82) is 0 Å². The van der Waals surface area contributed by atoms with Crippen LogP contribution in [0.25, 0.3) is 0 Å². The highest BCUT2D eigenvalue weighted by Gasteiger charge is 2.13. The van der Waals surface area contributed by atoms with Crippen molar-refractivity contribution >= 4 is 11.9 Å². The lowest BCUT2D eigenvalue weighted by molar-refractivity contribution is -0.146. The Hall–Kier alpha value is -1.10. The third-order valence-electron chi connectivity index (χ3n) is 9.33. The summed E-state index contributed by atoms with van der Waals surface area (Å²) in [6.07, 6.45) is 40.3. The van der Waals surface area contributed by atoms with Crippen LogP contribution in [-0.4, -0.2) is 48.2 Å². The maximum Gasteiger partial charge on any atom is 0.305 e. The predicted molar refractivity (Wildman–Crippen MR) is 194 cm³/mol. The fourth-order valence-electron chi connectivity index (χ4n) is 6.27. The number of rotatable bonds is 37. The van der Waals surface area contributed by atoms with Crippen LogP contribution < -0.4 is 0 Å². The van der Waals surface area contributed by atoms with Gasteiger partial charge in [-0.05, 0) is 12.8 Å². The molecule has 0 aliphatic carbocycles. The number of aliphatic hydroxyl groups excluding tert-OH is 1. The van der Waals surface area contributed by atoms with Crippen LogP contribution in [0.4, 0.5) is 0 Å². The fraction of sp³-hybridized carbons (Fsp3) is 0.950. The lowest BCUT2D eigenvalue weighted by Crippen LogP contribution is -2.36. The number of unbranched alkanes of at least 4 members (excludes halogenated alkanes) is 28. The first-order chi connectivity index (χ1) is 22.2. The zero-order valence-electron chi connectivity index (χ0n) is 30.6. The molecule has 0 aliphatic rings. The van der Waals surface area contributed by atoms with E-state index in [-0.39, 0.29) is 25.1 Å². The third-order valence-corrected chi connectivity index (χ3v) is 9.33. The lowest BCUT2D eigenvalue weighted by atomic mass is 10.0. The lowest BCUT2D eigenvalue weighted by Gasteiger charge is -2.21. The van der Waals surface area contributed by atoms with E-state index in [2.05, 4.69) is 13.8 Å². The average molecular weight is 638 g/mol. The minimum atomic E-state index is -0.163. The highest BCUT2D eigenvalue weighted by Crippen LogP contribution is 2.15. The Morgan fingerprint density at radius 3 is 1.09 bits per heavy atom. The van der Waals surface area contributed by atoms with Gasteiger partial charge in [-0.3, -0.25) is 9.59 Å². The van der Waals surface area contributed by atoms with Gasteiger partial charge < -0.3 is 14.7 Å². The molecule has 1 N–H and O–H groups in total. The number of hydrogen-bond donors (Lipinski definition) is 1. The van der Waals surface area contributed by atoms with E-state index >= 15 is 0 Å². The summed E-state index contributed by atoms with van der Waals surface area (Å²) in [6, 6.07) is 0. The molecule has 0 saturated heterocycles. The number of nitrogens with zero attached hydrogens (tertiary/aromatic N) is 1. The second kappa shape index (κ2) is 37.4. The zero-order valence-corrected chi connectivity index (χ0v) is 30.6. The quantitative estimate of drug-likeness (QED) is 0.0543. The van der Waals surface area contributed by atoms with Crippen molar-refractivity contribution < 1.29 is 19.4 Å². The third kappa shape index (κ3) is 34.1. The van der Waals surface area contributed by atoms with Gasteiger partial charge in [-0.2, -0.15) is 0 Å². The van der Waals surface area contributed by atoms with Gasteiger partial charge in [-0.25, -0.2) is 0 Å². The molecular weight excluding hydrogens is 558 g/mol.